The Labute approximate surface area is 112 Å². The summed E-state index contributed by atoms with van der Waals surface area (Å²) in [6.07, 6.45) is 0.845. The highest BCUT2D eigenvalue weighted by Gasteiger charge is 2.25. The van der Waals surface area contributed by atoms with E-state index in [1.165, 1.54) is 6.26 Å². The van der Waals surface area contributed by atoms with Crippen molar-refractivity contribution in [1.82, 2.24) is 0 Å². The monoisotopic (exact) mass is 284 g/mol. The molecular weight excluding hydrogens is 268 g/mol. The van der Waals surface area contributed by atoms with Crippen LogP contribution in [0.3, 0.4) is 0 Å². The number of carbonyl (C=O) groups excluding carboxylic acids is 1. The maximum absolute atomic E-state index is 11.5. The van der Waals surface area contributed by atoms with Crippen LogP contribution in [0, 0.1) is 0 Å². The van der Waals surface area contributed by atoms with E-state index in [9.17, 15) is 13.2 Å². The van der Waals surface area contributed by atoms with Crippen LogP contribution in [-0.2, 0) is 14.6 Å². The smallest absolute Gasteiger partial charge is 0.404 e. The van der Waals surface area contributed by atoms with E-state index in [4.69, 9.17) is 10.5 Å². The summed E-state index contributed by atoms with van der Waals surface area (Å²) in [7, 11) is -3.22. The third-order valence-electron chi connectivity index (χ3n) is 3.04. The van der Waals surface area contributed by atoms with Crippen LogP contribution in [0.15, 0.2) is 29.2 Å². The maximum atomic E-state index is 11.5. The van der Waals surface area contributed by atoms with Crippen LogP contribution in [0.4, 0.5) is 10.5 Å². The van der Waals surface area contributed by atoms with Gasteiger partial charge in [0.15, 0.2) is 9.84 Å². The number of carbonyl (C=O) groups is 1. The number of nitrogens with two attached hydrogens (primary N) is 1. The molecule has 1 aromatic rings. The van der Waals surface area contributed by atoms with Crippen LogP contribution in [0.25, 0.3) is 0 Å². The van der Waals surface area contributed by atoms with E-state index in [1.54, 1.807) is 18.2 Å². The fraction of sp³-hybridized carbons (Fsp3) is 0.417. The molecule has 6 nitrogen and oxygen atoms in total. The van der Waals surface area contributed by atoms with Crippen molar-refractivity contribution < 1.29 is 17.9 Å². The molecule has 2 rings (SSSR count). The Morgan fingerprint density at radius 1 is 1.47 bits per heavy atom. The third-order valence-corrected chi connectivity index (χ3v) is 4.15. The van der Waals surface area contributed by atoms with E-state index in [2.05, 4.69) is 0 Å². The van der Waals surface area contributed by atoms with Gasteiger partial charge < -0.3 is 15.4 Å². The number of ether oxygens (including phenoxy) is 1. The van der Waals surface area contributed by atoms with E-state index in [0.717, 1.165) is 5.69 Å². The molecule has 7 heteroatoms. The summed E-state index contributed by atoms with van der Waals surface area (Å²) in [5, 5.41) is 0. The summed E-state index contributed by atoms with van der Waals surface area (Å²) in [4.78, 5) is 12.9. The highest BCUT2D eigenvalue weighted by molar-refractivity contribution is 7.90. The van der Waals surface area contributed by atoms with Crippen LogP contribution < -0.4 is 10.6 Å². The van der Waals surface area contributed by atoms with Gasteiger partial charge in [-0.05, 0) is 18.2 Å². The first-order valence-corrected chi connectivity index (χ1v) is 7.76. The first-order valence-electron chi connectivity index (χ1n) is 5.87. The van der Waals surface area contributed by atoms with Gasteiger partial charge in [0.1, 0.15) is 6.10 Å². The normalized spacial score (nSPS) is 19.4. The number of benzene rings is 1. The van der Waals surface area contributed by atoms with Crippen molar-refractivity contribution in [3.63, 3.8) is 0 Å². The van der Waals surface area contributed by atoms with Gasteiger partial charge in [-0.25, -0.2) is 13.2 Å². The van der Waals surface area contributed by atoms with Crippen LogP contribution in [0.2, 0.25) is 0 Å². The first kappa shape index (κ1) is 13.7. The molecule has 1 aliphatic heterocycles. The Bertz CT molecular complexity index is 585. The lowest BCUT2D eigenvalue weighted by Gasteiger charge is -2.19. The van der Waals surface area contributed by atoms with Gasteiger partial charge in [-0.1, -0.05) is 6.07 Å². The molecule has 0 unspecified atom stereocenters. The molecule has 2 N–H and O–H groups in total. The van der Waals surface area contributed by atoms with Crippen molar-refractivity contribution in [3.8, 4) is 0 Å². The quantitative estimate of drug-likeness (QED) is 0.885. The molecule has 0 spiro atoms. The van der Waals surface area contributed by atoms with Gasteiger partial charge in [0, 0.05) is 24.9 Å². The SMILES string of the molecule is CS(=O)(=O)c1cccc(N2CC[C@@H](OC(N)=O)C2)c1. The lowest BCUT2D eigenvalue weighted by atomic mass is 10.3. The van der Waals surface area contributed by atoms with Gasteiger partial charge >= 0.3 is 6.09 Å². The number of primary amides is 1. The van der Waals surface area contributed by atoms with Crippen molar-refractivity contribution in [2.24, 2.45) is 5.73 Å². The van der Waals surface area contributed by atoms with Crippen LogP contribution in [0.5, 0.6) is 0 Å². The zero-order valence-corrected chi connectivity index (χ0v) is 11.4. The molecule has 0 bridgehead atoms. The highest BCUT2D eigenvalue weighted by Crippen LogP contribution is 2.24. The van der Waals surface area contributed by atoms with E-state index in [-0.39, 0.29) is 11.0 Å². The van der Waals surface area contributed by atoms with Gasteiger partial charge in [-0.3, -0.25) is 0 Å². The topological polar surface area (TPSA) is 89.7 Å². The Hall–Kier alpha value is -1.76. The molecule has 104 valence electrons. The molecule has 1 saturated heterocycles. The van der Waals surface area contributed by atoms with Crippen molar-refractivity contribution >= 4 is 21.6 Å². The van der Waals surface area contributed by atoms with Crippen molar-refractivity contribution in [3.05, 3.63) is 24.3 Å². The maximum Gasteiger partial charge on any atom is 0.404 e. The summed E-state index contributed by atoms with van der Waals surface area (Å²) >= 11 is 0. The second kappa shape index (κ2) is 5.08. The molecule has 0 aromatic heterocycles. The second-order valence-electron chi connectivity index (χ2n) is 4.56. The molecule has 0 radical (unpaired) electrons. The largest absolute Gasteiger partial charge is 0.444 e. The molecule has 1 aliphatic rings. The molecule has 1 fully saturated rings. The van der Waals surface area contributed by atoms with Crippen molar-refractivity contribution in [2.75, 3.05) is 24.2 Å². The fourth-order valence-corrected chi connectivity index (χ4v) is 2.79. The number of amides is 1. The number of hydrogen-bond acceptors (Lipinski definition) is 5. The predicted octanol–water partition coefficient (Wildman–Crippen LogP) is 0.764. The number of sulfone groups is 1. The van der Waals surface area contributed by atoms with Crippen LogP contribution in [0.1, 0.15) is 6.42 Å². The number of anilines is 1. The molecule has 19 heavy (non-hydrogen) atoms. The summed E-state index contributed by atoms with van der Waals surface area (Å²) in [5.74, 6) is 0. The Balaban J connectivity index is 2.14. The third kappa shape index (κ3) is 3.37. The van der Waals surface area contributed by atoms with Crippen molar-refractivity contribution in [2.45, 2.75) is 17.4 Å². The van der Waals surface area contributed by atoms with E-state index >= 15 is 0 Å². The summed E-state index contributed by atoms with van der Waals surface area (Å²) in [6.45, 7) is 1.22. The standard InChI is InChI=1S/C12H16N2O4S/c1-19(16,17)11-4-2-3-9(7-11)14-6-5-10(8-14)18-12(13)15/h2-4,7,10H,5-6,8H2,1H3,(H2,13,15)/t10-/m1/s1. The molecule has 1 atom stereocenters. The van der Waals surface area contributed by atoms with Gasteiger partial charge in [0.25, 0.3) is 0 Å². The lowest BCUT2D eigenvalue weighted by Crippen LogP contribution is -2.27. The molecule has 1 amide bonds. The van der Waals surface area contributed by atoms with Crippen molar-refractivity contribution in [1.29, 1.82) is 0 Å². The molecule has 1 aromatic carbocycles. The average Bonchev–Trinajstić information content (AvgIpc) is 2.76. The minimum atomic E-state index is -3.22. The first-order chi connectivity index (χ1) is 8.86. The van der Waals surface area contributed by atoms with E-state index in [1.807, 2.05) is 11.0 Å². The van der Waals surface area contributed by atoms with Gasteiger partial charge in [-0.2, -0.15) is 0 Å². The molecule has 1 heterocycles. The molecular formula is C12H16N2O4S. The molecule has 0 saturated carbocycles. The van der Waals surface area contributed by atoms with Gasteiger partial charge in [0.2, 0.25) is 0 Å². The Kier molecular flexibility index (Phi) is 3.66. The zero-order valence-electron chi connectivity index (χ0n) is 10.6. The summed E-state index contributed by atoms with van der Waals surface area (Å²) in [5.41, 5.74) is 5.78. The number of hydrogen-bond donors (Lipinski definition) is 1. The molecule has 0 aliphatic carbocycles. The van der Waals surface area contributed by atoms with E-state index < -0.39 is 15.9 Å². The van der Waals surface area contributed by atoms with Crippen LogP contribution in [-0.4, -0.2) is 40.0 Å². The number of rotatable bonds is 3. The Morgan fingerprint density at radius 3 is 2.84 bits per heavy atom. The fourth-order valence-electron chi connectivity index (χ4n) is 2.13. The Morgan fingerprint density at radius 2 is 2.21 bits per heavy atom. The zero-order chi connectivity index (χ0) is 14.0. The lowest BCUT2D eigenvalue weighted by molar-refractivity contribution is 0.117. The van der Waals surface area contributed by atoms with E-state index in [0.29, 0.717) is 19.5 Å². The highest BCUT2D eigenvalue weighted by atomic mass is 32.2. The van der Waals surface area contributed by atoms with Gasteiger partial charge in [-0.15, -0.1) is 0 Å². The van der Waals surface area contributed by atoms with Crippen LogP contribution >= 0.6 is 0 Å². The van der Waals surface area contributed by atoms with Gasteiger partial charge in [0.05, 0.1) is 11.4 Å². The minimum Gasteiger partial charge on any atom is -0.444 e. The summed E-state index contributed by atoms with van der Waals surface area (Å²) in [6, 6.07) is 6.73. The average molecular weight is 284 g/mol. The predicted molar refractivity (Wildman–Crippen MR) is 70.8 cm³/mol. The minimum absolute atomic E-state index is 0.237. The number of nitrogens with zero attached hydrogens (tertiary/aromatic N) is 1. The summed E-state index contributed by atoms with van der Waals surface area (Å²) < 4.78 is 28.0. The second-order valence-corrected chi connectivity index (χ2v) is 6.58.